The highest BCUT2D eigenvalue weighted by Crippen LogP contribution is 2.09. The van der Waals surface area contributed by atoms with E-state index >= 15 is 0 Å². The fraction of sp³-hybridized carbons (Fsp3) is 0.273. The minimum atomic E-state index is 0.704. The molecule has 1 aromatic carbocycles. The van der Waals surface area contributed by atoms with Crippen LogP contribution in [-0.4, -0.2) is 5.88 Å². The van der Waals surface area contributed by atoms with Crippen LogP contribution in [0.2, 0.25) is 0 Å². The van der Waals surface area contributed by atoms with Crippen LogP contribution in [-0.2, 0) is 0 Å². The molecule has 0 saturated heterocycles. The summed E-state index contributed by atoms with van der Waals surface area (Å²) in [7, 11) is 0. The van der Waals surface area contributed by atoms with Gasteiger partial charge in [0.05, 0.1) is 0 Å². The maximum Gasteiger partial charge on any atom is 0.0260 e. The van der Waals surface area contributed by atoms with Crippen LogP contribution in [0.3, 0.4) is 0 Å². The fourth-order valence-corrected chi connectivity index (χ4v) is 1.35. The summed E-state index contributed by atoms with van der Waals surface area (Å²) in [5, 5.41) is 0. The van der Waals surface area contributed by atoms with Gasteiger partial charge in [-0.3, -0.25) is 0 Å². The van der Waals surface area contributed by atoms with Gasteiger partial charge in [0.15, 0.2) is 0 Å². The molecule has 0 heterocycles. The van der Waals surface area contributed by atoms with Gasteiger partial charge in [0.2, 0.25) is 0 Å². The lowest BCUT2D eigenvalue weighted by atomic mass is 10.1. The molecule has 0 atom stereocenters. The van der Waals surface area contributed by atoms with Gasteiger partial charge >= 0.3 is 0 Å². The normalized spacial score (nSPS) is 11.7. The number of rotatable bonds is 3. The molecule has 0 aromatic heterocycles. The van der Waals surface area contributed by atoms with Crippen molar-refractivity contribution in [1.29, 1.82) is 0 Å². The van der Waals surface area contributed by atoms with Gasteiger partial charge in [-0.1, -0.05) is 42.0 Å². The molecule has 64 valence electrons. The first-order chi connectivity index (χ1) is 5.83. The molecule has 0 radical (unpaired) electrons. The number of hydrogen-bond acceptors (Lipinski definition) is 0. The lowest BCUT2D eigenvalue weighted by Gasteiger charge is -1.96. The van der Waals surface area contributed by atoms with Crippen LogP contribution in [0, 0.1) is 0 Å². The third-order valence-corrected chi connectivity index (χ3v) is 1.89. The van der Waals surface area contributed by atoms with E-state index < -0.39 is 0 Å². The highest BCUT2D eigenvalue weighted by Gasteiger charge is 1.89. The van der Waals surface area contributed by atoms with Crippen molar-refractivity contribution >= 4 is 17.7 Å². The third-order valence-electron chi connectivity index (χ3n) is 1.70. The molecule has 0 fully saturated rings. The number of benzene rings is 1. The van der Waals surface area contributed by atoms with Gasteiger partial charge in [-0.15, -0.1) is 11.6 Å². The topological polar surface area (TPSA) is 0 Å². The van der Waals surface area contributed by atoms with Gasteiger partial charge in [0, 0.05) is 5.88 Å². The van der Waals surface area contributed by atoms with E-state index in [9.17, 15) is 0 Å². The maximum absolute atomic E-state index is 5.62. The summed E-state index contributed by atoms with van der Waals surface area (Å²) in [5.41, 5.74) is 2.58. The van der Waals surface area contributed by atoms with Gasteiger partial charge in [-0.05, 0) is 18.9 Å². The molecule has 0 aliphatic heterocycles. The van der Waals surface area contributed by atoms with Crippen LogP contribution in [0.4, 0.5) is 0 Å². The van der Waals surface area contributed by atoms with Gasteiger partial charge in [-0.25, -0.2) is 0 Å². The monoisotopic (exact) mass is 180 g/mol. The SMILES string of the molecule is CC(=Cc1ccccc1)CCCl. The zero-order valence-corrected chi connectivity index (χ0v) is 8.01. The van der Waals surface area contributed by atoms with Crippen molar-refractivity contribution in [3.8, 4) is 0 Å². The van der Waals surface area contributed by atoms with Crippen LogP contribution in [0.15, 0.2) is 35.9 Å². The fourth-order valence-electron chi connectivity index (χ4n) is 1.05. The summed E-state index contributed by atoms with van der Waals surface area (Å²) in [6, 6.07) is 10.3. The molecule has 0 spiro atoms. The molecule has 1 aromatic rings. The van der Waals surface area contributed by atoms with E-state index in [1.54, 1.807) is 0 Å². The molecule has 1 heteroatoms. The van der Waals surface area contributed by atoms with Crippen LogP contribution in [0.25, 0.3) is 6.08 Å². The first-order valence-corrected chi connectivity index (χ1v) is 4.64. The Labute approximate surface area is 78.9 Å². The van der Waals surface area contributed by atoms with Crippen molar-refractivity contribution in [3.05, 3.63) is 41.5 Å². The largest absolute Gasteiger partial charge is 0.126 e. The second-order valence-electron chi connectivity index (χ2n) is 2.84. The molecule has 0 aliphatic carbocycles. The molecule has 0 amide bonds. The van der Waals surface area contributed by atoms with Crippen LogP contribution >= 0.6 is 11.6 Å². The Hall–Kier alpha value is -0.750. The number of hydrogen-bond donors (Lipinski definition) is 0. The summed E-state index contributed by atoms with van der Waals surface area (Å²) in [6.07, 6.45) is 3.14. The number of allylic oxidation sites excluding steroid dienone is 1. The second-order valence-corrected chi connectivity index (χ2v) is 3.22. The zero-order valence-electron chi connectivity index (χ0n) is 7.26. The predicted octanol–water partition coefficient (Wildman–Crippen LogP) is 3.72. The Morgan fingerprint density at radius 3 is 2.58 bits per heavy atom. The van der Waals surface area contributed by atoms with Crippen molar-refractivity contribution in [2.75, 3.05) is 5.88 Å². The Morgan fingerprint density at radius 2 is 2.00 bits per heavy atom. The third kappa shape index (κ3) is 3.10. The quantitative estimate of drug-likeness (QED) is 0.622. The lowest BCUT2D eigenvalue weighted by Crippen LogP contribution is -1.78. The van der Waals surface area contributed by atoms with E-state index in [2.05, 4.69) is 25.1 Å². The highest BCUT2D eigenvalue weighted by molar-refractivity contribution is 6.18. The van der Waals surface area contributed by atoms with E-state index in [0.717, 1.165) is 6.42 Å². The molecular formula is C11H13Cl. The van der Waals surface area contributed by atoms with E-state index in [0.29, 0.717) is 5.88 Å². The van der Waals surface area contributed by atoms with Crippen molar-refractivity contribution in [2.24, 2.45) is 0 Å². The summed E-state index contributed by atoms with van der Waals surface area (Å²) in [4.78, 5) is 0. The minimum absolute atomic E-state index is 0.704. The summed E-state index contributed by atoms with van der Waals surface area (Å²) in [6.45, 7) is 2.11. The van der Waals surface area contributed by atoms with E-state index in [1.165, 1.54) is 11.1 Å². The van der Waals surface area contributed by atoms with E-state index in [-0.39, 0.29) is 0 Å². The van der Waals surface area contributed by atoms with Crippen LogP contribution in [0.5, 0.6) is 0 Å². The molecule has 12 heavy (non-hydrogen) atoms. The highest BCUT2D eigenvalue weighted by atomic mass is 35.5. The van der Waals surface area contributed by atoms with Crippen molar-refractivity contribution < 1.29 is 0 Å². The zero-order chi connectivity index (χ0) is 8.81. The average molecular weight is 181 g/mol. The lowest BCUT2D eigenvalue weighted by molar-refractivity contribution is 1.12. The number of halogens is 1. The van der Waals surface area contributed by atoms with Crippen molar-refractivity contribution in [2.45, 2.75) is 13.3 Å². The Morgan fingerprint density at radius 1 is 1.33 bits per heavy atom. The maximum atomic E-state index is 5.62. The average Bonchev–Trinajstić information content (AvgIpc) is 2.06. The Kier molecular flexibility index (Phi) is 3.89. The van der Waals surface area contributed by atoms with Gasteiger partial charge < -0.3 is 0 Å². The summed E-state index contributed by atoms with van der Waals surface area (Å²) < 4.78 is 0. The molecular weight excluding hydrogens is 168 g/mol. The predicted molar refractivity (Wildman–Crippen MR) is 55.4 cm³/mol. The second kappa shape index (κ2) is 5.00. The van der Waals surface area contributed by atoms with E-state index in [1.807, 2.05) is 18.2 Å². The smallest absolute Gasteiger partial charge is 0.0260 e. The molecule has 0 bridgehead atoms. The summed E-state index contributed by atoms with van der Waals surface area (Å²) in [5.74, 6) is 0.704. The van der Waals surface area contributed by atoms with Gasteiger partial charge in [0.25, 0.3) is 0 Å². The first-order valence-electron chi connectivity index (χ1n) is 4.11. The van der Waals surface area contributed by atoms with Gasteiger partial charge in [-0.2, -0.15) is 0 Å². The van der Waals surface area contributed by atoms with Crippen molar-refractivity contribution in [1.82, 2.24) is 0 Å². The number of alkyl halides is 1. The summed E-state index contributed by atoms with van der Waals surface area (Å²) >= 11 is 5.62. The molecule has 0 nitrogen and oxygen atoms in total. The standard InChI is InChI=1S/C11H13Cl/c1-10(7-8-12)9-11-5-3-2-4-6-11/h2-6,9H,7-8H2,1H3. The van der Waals surface area contributed by atoms with Crippen molar-refractivity contribution in [3.63, 3.8) is 0 Å². The van der Waals surface area contributed by atoms with E-state index in [4.69, 9.17) is 11.6 Å². The van der Waals surface area contributed by atoms with Gasteiger partial charge in [0.1, 0.15) is 0 Å². The molecule has 0 saturated carbocycles. The molecule has 1 rings (SSSR count). The van der Waals surface area contributed by atoms with Crippen LogP contribution < -0.4 is 0 Å². The Bertz CT molecular complexity index is 249. The Balaban J connectivity index is 2.67. The minimum Gasteiger partial charge on any atom is -0.126 e. The van der Waals surface area contributed by atoms with Crippen LogP contribution in [0.1, 0.15) is 18.9 Å². The molecule has 0 aliphatic rings. The first kappa shape index (κ1) is 9.34. The molecule has 0 unspecified atom stereocenters. The molecule has 0 N–H and O–H groups in total.